The number of benzene rings is 1. The van der Waals surface area contributed by atoms with Gasteiger partial charge in [0.1, 0.15) is 6.10 Å². The zero-order valence-electron chi connectivity index (χ0n) is 17.4. The van der Waals surface area contributed by atoms with Gasteiger partial charge in [-0.25, -0.2) is 13.2 Å². The van der Waals surface area contributed by atoms with Gasteiger partial charge in [0.25, 0.3) is 0 Å². The molecule has 1 aromatic rings. The molecule has 0 spiro atoms. The number of rotatable bonds is 6. The molecule has 0 bridgehead atoms. The van der Waals surface area contributed by atoms with Gasteiger partial charge in [0.2, 0.25) is 0 Å². The van der Waals surface area contributed by atoms with Crippen LogP contribution in [0.5, 0.6) is 0 Å². The number of sulfone groups is 1. The van der Waals surface area contributed by atoms with Crippen LogP contribution in [0.4, 0.5) is 10.5 Å². The highest BCUT2D eigenvalue weighted by atomic mass is 32.2. The summed E-state index contributed by atoms with van der Waals surface area (Å²) in [7, 11) is -3.91. The van der Waals surface area contributed by atoms with E-state index >= 15 is 0 Å². The number of hydrogen-bond donors (Lipinski definition) is 1. The zero-order valence-corrected chi connectivity index (χ0v) is 18.2. The van der Waals surface area contributed by atoms with Crippen molar-refractivity contribution >= 4 is 27.6 Å². The van der Waals surface area contributed by atoms with E-state index < -0.39 is 32.8 Å². The summed E-state index contributed by atoms with van der Waals surface area (Å²) in [6.45, 7) is 1.18. The molecule has 8 nitrogen and oxygen atoms in total. The van der Waals surface area contributed by atoms with Crippen LogP contribution in [-0.4, -0.2) is 49.2 Å². The highest BCUT2D eigenvalue weighted by molar-refractivity contribution is 7.92. The molecule has 2 atom stereocenters. The average molecular weight is 445 g/mol. The van der Waals surface area contributed by atoms with Crippen molar-refractivity contribution in [2.24, 2.45) is 11.8 Å². The largest absolute Gasteiger partial charge is 0.480 e. The Hall–Kier alpha value is -3.04. The van der Waals surface area contributed by atoms with Gasteiger partial charge in [0, 0.05) is 36.3 Å². The van der Waals surface area contributed by atoms with E-state index in [1.54, 1.807) is 24.3 Å². The second-order valence-corrected chi connectivity index (χ2v) is 10.8. The highest BCUT2D eigenvalue weighted by Gasteiger charge is 2.48. The van der Waals surface area contributed by atoms with Gasteiger partial charge < -0.3 is 9.84 Å². The number of nitriles is 1. The fraction of sp³-hybridized carbons (Fsp3) is 0.500. The third-order valence-electron chi connectivity index (χ3n) is 5.98. The summed E-state index contributed by atoms with van der Waals surface area (Å²) in [5.74, 6) is 5.60. The zero-order chi connectivity index (χ0) is 22.8. The van der Waals surface area contributed by atoms with Crippen LogP contribution in [-0.2, 0) is 19.4 Å². The topological polar surface area (TPSA) is 125 Å². The van der Waals surface area contributed by atoms with Crippen molar-refractivity contribution in [1.82, 2.24) is 0 Å². The Morgan fingerprint density at radius 3 is 2.52 bits per heavy atom. The molecule has 1 heterocycles. The van der Waals surface area contributed by atoms with Crippen molar-refractivity contribution in [2.75, 3.05) is 17.7 Å². The van der Waals surface area contributed by atoms with Crippen LogP contribution in [0.3, 0.4) is 0 Å². The van der Waals surface area contributed by atoms with Crippen molar-refractivity contribution in [1.29, 1.82) is 5.26 Å². The molecule has 1 saturated heterocycles. The number of anilines is 1. The summed E-state index contributed by atoms with van der Waals surface area (Å²) in [5, 5.41) is 18.1. The van der Waals surface area contributed by atoms with Crippen molar-refractivity contribution in [3.05, 3.63) is 29.8 Å². The number of nitrogens with zero attached hydrogens (tertiary/aromatic N) is 2. The van der Waals surface area contributed by atoms with Gasteiger partial charge in [0.05, 0.1) is 12.6 Å². The lowest BCUT2D eigenvalue weighted by Gasteiger charge is -2.29. The molecule has 1 amide bonds. The Morgan fingerprint density at radius 2 is 1.97 bits per heavy atom. The van der Waals surface area contributed by atoms with Crippen molar-refractivity contribution in [3.63, 3.8) is 0 Å². The lowest BCUT2D eigenvalue weighted by atomic mass is 9.74. The lowest BCUT2D eigenvalue weighted by Crippen LogP contribution is -2.46. The highest BCUT2D eigenvalue weighted by Crippen LogP contribution is 2.35. The molecule has 164 valence electrons. The number of ether oxygens (including phenoxy) is 1. The second kappa shape index (κ2) is 8.60. The van der Waals surface area contributed by atoms with Crippen LogP contribution in [0.1, 0.15) is 38.2 Å². The molecule has 1 saturated carbocycles. The van der Waals surface area contributed by atoms with Gasteiger partial charge in [-0.3, -0.25) is 9.69 Å². The molecular formula is C22H24N2O6S. The molecule has 31 heavy (non-hydrogen) atoms. The lowest BCUT2D eigenvalue weighted by molar-refractivity contribution is -0.140. The van der Waals surface area contributed by atoms with E-state index in [9.17, 15) is 23.1 Å². The minimum Gasteiger partial charge on any atom is -0.480 e. The first-order chi connectivity index (χ1) is 14.5. The van der Waals surface area contributed by atoms with E-state index in [2.05, 4.69) is 17.9 Å². The predicted molar refractivity (Wildman–Crippen MR) is 113 cm³/mol. The first-order valence-electron chi connectivity index (χ1n) is 9.93. The predicted octanol–water partition coefficient (Wildman–Crippen LogP) is 2.58. The van der Waals surface area contributed by atoms with E-state index in [1.165, 1.54) is 4.90 Å². The van der Waals surface area contributed by atoms with E-state index in [0.717, 1.165) is 31.6 Å². The standard InChI is InChI=1S/C22H24N2O6S/c1-22(20(25)26,31(2,28)29)13-19-14-24(21(27)30-19)18-7-5-15(6-8-18)3-4-16-11-17(12-16)9-10-23/h5-8,16-17,19H,9,11-14H2,1-2H3,(H,25,26)/t16?,17?,19-,22+/m0/s1. The van der Waals surface area contributed by atoms with E-state index in [-0.39, 0.29) is 13.0 Å². The van der Waals surface area contributed by atoms with Crippen molar-refractivity contribution in [3.8, 4) is 17.9 Å². The molecule has 1 aliphatic heterocycles. The van der Waals surface area contributed by atoms with Crippen molar-refractivity contribution in [2.45, 2.75) is 43.5 Å². The Balaban J connectivity index is 1.63. The summed E-state index contributed by atoms with van der Waals surface area (Å²) in [4.78, 5) is 25.2. The fourth-order valence-electron chi connectivity index (χ4n) is 3.73. The fourth-order valence-corrected chi connectivity index (χ4v) is 4.54. The molecule has 3 rings (SSSR count). The number of carbonyl (C=O) groups is 2. The van der Waals surface area contributed by atoms with Gasteiger partial charge in [-0.15, -0.1) is 0 Å². The molecule has 1 aromatic carbocycles. The first-order valence-corrected chi connectivity index (χ1v) is 11.8. The summed E-state index contributed by atoms with van der Waals surface area (Å²) in [6, 6.07) is 9.19. The molecule has 1 N–H and O–H groups in total. The monoisotopic (exact) mass is 444 g/mol. The van der Waals surface area contributed by atoms with Crippen LogP contribution >= 0.6 is 0 Å². The number of carbonyl (C=O) groups excluding carboxylic acids is 1. The maximum atomic E-state index is 12.3. The minimum atomic E-state index is -3.91. The number of hydrogen-bond acceptors (Lipinski definition) is 6. The van der Waals surface area contributed by atoms with Gasteiger partial charge in [-0.1, -0.05) is 11.8 Å². The molecule has 1 aliphatic carbocycles. The van der Waals surface area contributed by atoms with Gasteiger partial charge in [-0.2, -0.15) is 5.26 Å². The summed E-state index contributed by atoms with van der Waals surface area (Å²) < 4.78 is 27.2. The molecule has 2 fully saturated rings. The molecule has 9 heteroatoms. The smallest absolute Gasteiger partial charge is 0.414 e. The Morgan fingerprint density at radius 1 is 1.32 bits per heavy atom. The quantitative estimate of drug-likeness (QED) is 0.669. The third kappa shape index (κ3) is 4.83. The number of amides is 1. The molecule has 0 radical (unpaired) electrons. The number of carboxylic acids is 1. The number of carboxylic acid groups (broad SMARTS) is 1. The van der Waals surface area contributed by atoms with Crippen LogP contribution in [0.2, 0.25) is 0 Å². The Labute approximate surface area is 181 Å². The maximum Gasteiger partial charge on any atom is 0.414 e. The average Bonchev–Trinajstić information content (AvgIpc) is 3.02. The molecule has 0 unspecified atom stereocenters. The molecule has 0 aromatic heterocycles. The number of aliphatic carboxylic acids is 1. The van der Waals surface area contributed by atoms with Gasteiger partial charge >= 0.3 is 12.1 Å². The van der Waals surface area contributed by atoms with Gasteiger partial charge in [0.15, 0.2) is 14.6 Å². The van der Waals surface area contributed by atoms with E-state index in [0.29, 0.717) is 23.9 Å². The summed E-state index contributed by atoms with van der Waals surface area (Å²) in [6.07, 6.45) is 1.50. The van der Waals surface area contributed by atoms with Crippen LogP contribution in [0, 0.1) is 35.0 Å². The Kier molecular flexibility index (Phi) is 6.28. The van der Waals surface area contributed by atoms with E-state index in [4.69, 9.17) is 10.00 Å². The van der Waals surface area contributed by atoms with E-state index in [1.807, 2.05) is 0 Å². The van der Waals surface area contributed by atoms with Crippen LogP contribution in [0.15, 0.2) is 24.3 Å². The Bertz CT molecular complexity index is 1070. The molecular weight excluding hydrogens is 420 g/mol. The van der Waals surface area contributed by atoms with Crippen LogP contribution in [0.25, 0.3) is 0 Å². The molecule has 2 aliphatic rings. The normalized spacial score (nSPS) is 24.7. The van der Waals surface area contributed by atoms with Crippen molar-refractivity contribution < 1.29 is 27.9 Å². The summed E-state index contributed by atoms with van der Waals surface area (Å²) in [5.41, 5.74) is 1.36. The second-order valence-electron chi connectivity index (χ2n) is 8.34. The van der Waals surface area contributed by atoms with Crippen LogP contribution < -0.4 is 4.90 Å². The third-order valence-corrected chi connectivity index (χ3v) is 7.96. The summed E-state index contributed by atoms with van der Waals surface area (Å²) >= 11 is 0. The maximum absolute atomic E-state index is 12.3. The first kappa shape index (κ1) is 22.6. The number of cyclic esters (lactones) is 1. The minimum absolute atomic E-state index is 0.0601. The SMILES string of the molecule is C[C@@](C[C@H]1CN(c2ccc(C#CC3CC(CC#N)C3)cc2)C(=O)O1)(C(=O)O)S(C)(=O)=O. The van der Waals surface area contributed by atoms with Gasteiger partial charge in [-0.05, 0) is 49.9 Å².